The van der Waals surface area contributed by atoms with Crippen molar-refractivity contribution in [3.63, 3.8) is 0 Å². The highest BCUT2D eigenvalue weighted by Crippen LogP contribution is 2.27. The number of para-hydroxylation sites is 1. The molecular formula is C24H22N6OS. The van der Waals surface area contributed by atoms with Gasteiger partial charge in [0.05, 0.1) is 35.5 Å². The number of fused-ring (bicyclic) bond motifs is 1. The lowest BCUT2D eigenvalue weighted by atomic mass is 10.1. The quantitative estimate of drug-likeness (QED) is 0.310. The first-order valence-electron chi connectivity index (χ1n) is 10.2. The smallest absolute Gasteiger partial charge is 0.237 e. The van der Waals surface area contributed by atoms with Gasteiger partial charge in [0.25, 0.3) is 0 Å². The lowest BCUT2D eigenvalue weighted by molar-refractivity contribution is -0.116. The van der Waals surface area contributed by atoms with Crippen LogP contribution in [0.4, 0.5) is 5.69 Å². The summed E-state index contributed by atoms with van der Waals surface area (Å²) in [7, 11) is 0. The van der Waals surface area contributed by atoms with Crippen LogP contribution in [0, 0.1) is 25.2 Å². The summed E-state index contributed by atoms with van der Waals surface area (Å²) in [6.07, 6.45) is 3.49. The number of nitrogens with zero attached hydrogens (tertiary/aromatic N) is 6. The van der Waals surface area contributed by atoms with Gasteiger partial charge >= 0.3 is 0 Å². The zero-order valence-electron chi connectivity index (χ0n) is 17.9. The fourth-order valence-electron chi connectivity index (χ4n) is 3.36. The average Bonchev–Trinajstić information content (AvgIpc) is 3.25. The van der Waals surface area contributed by atoms with E-state index in [0.717, 1.165) is 27.9 Å². The number of benzene rings is 2. The number of hydrogen-bond donors (Lipinski definition) is 0. The molecule has 0 unspecified atom stereocenters. The van der Waals surface area contributed by atoms with Gasteiger partial charge in [-0.25, -0.2) is 14.6 Å². The normalized spacial score (nSPS) is 10.8. The average molecular weight is 443 g/mol. The number of hydrogen-bond acceptors (Lipinski definition) is 6. The van der Waals surface area contributed by atoms with E-state index in [1.54, 1.807) is 15.8 Å². The molecule has 0 saturated carbocycles. The molecule has 0 spiro atoms. The van der Waals surface area contributed by atoms with Crippen molar-refractivity contribution in [1.82, 2.24) is 19.7 Å². The summed E-state index contributed by atoms with van der Waals surface area (Å²) in [5.74, 6) is 0.122. The van der Waals surface area contributed by atoms with Crippen LogP contribution >= 0.6 is 11.8 Å². The zero-order valence-corrected chi connectivity index (χ0v) is 18.7. The number of rotatable bonds is 7. The molecule has 0 aliphatic heterocycles. The van der Waals surface area contributed by atoms with Gasteiger partial charge in [0, 0.05) is 12.2 Å². The molecule has 0 bridgehead atoms. The molecule has 0 saturated heterocycles. The van der Waals surface area contributed by atoms with E-state index >= 15 is 0 Å². The monoisotopic (exact) mass is 442 g/mol. The topological polar surface area (TPSA) is 87.7 Å². The summed E-state index contributed by atoms with van der Waals surface area (Å²) in [6.45, 7) is 4.40. The number of carbonyl (C=O) groups excluding carboxylic acids is 1. The van der Waals surface area contributed by atoms with Crippen LogP contribution < -0.4 is 4.90 Å². The summed E-state index contributed by atoms with van der Waals surface area (Å²) < 4.78 is 1.76. The minimum Gasteiger partial charge on any atom is -0.311 e. The Labute approximate surface area is 190 Å². The Kier molecular flexibility index (Phi) is 6.47. The number of thioether (sulfide) groups is 1. The molecule has 32 heavy (non-hydrogen) atoms. The van der Waals surface area contributed by atoms with Crippen LogP contribution in [0.3, 0.4) is 0 Å². The fourth-order valence-corrected chi connectivity index (χ4v) is 4.19. The van der Waals surface area contributed by atoms with Gasteiger partial charge in [-0.3, -0.25) is 4.79 Å². The van der Waals surface area contributed by atoms with E-state index in [0.29, 0.717) is 17.2 Å². The van der Waals surface area contributed by atoms with Crippen LogP contribution in [0.2, 0.25) is 0 Å². The SMILES string of the molecule is Cc1ccc(N(CCC#N)C(=O)CSc2ncnc3c2cnn3-c2ccccc2)cc1C. The van der Waals surface area contributed by atoms with Crippen LogP contribution in [0.1, 0.15) is 17.5 Å². The van der Waals surface area contributed by atoms with Gasteiger partial charge in [-0.05, 0) is 49.2 Å². The van der Waals surface area contributed by atoms with E-state index in [-0.39, 0.29) is 18.1 Å². The van der Waals surface area contributed by atoms with Gasteiger partial charge in [0.1, 0.15) is 11.4 Å². The van der Waals surface area contributed by atoms with Crippen molar-refractivity contribution in [3.8, 4) is 11.8 Å². The highest BCUT2D eigenvalue weighted by atomic mass is 32.2. The van der Waals surface area contributed by atoms with Crippen molar-refractivity contribution in [2.45, 2.75) is 25.3 Å². The first kappa shape index (κ1) is 21.5. The molecule has 4 rings (SSSR count). The third-order valence-electron chi connectivity index (χ3n) is 5.21. The van der Waals surface area contributed by atoms with Crippen LogP contribution in [0.15, 0.2) is 66.1 Å². The predicted octanol–water partition coefficient (Wildman–Crippen LogP) is 4.47. The number of aryl methyl sites for hydroxylation is 2. The second-order valence-electron chi connectivity index (χ2n) is 7.32. The summed E-state index contributed by atoms with van der Waals surface area (Å²) in [5, 5.41) is 15.0. The highest BCUT2D eigenvalue weighted by molar-refractivity contribution is 8.00. The van der Waals surface area contributed by atoms with Gasteiger partial charge in [-0.1, -0.05) is 36.0 Å². The van der Waals surface area contributed by atoms with Crippen molar-refractivity contribution in [2.75, 3.05) is 17.2 Å². The Hall–Kier alpha value is -3.70. The van der Waals surface area contributed by atoms with E-state index in [2.05, 4.69) is 21.1 Å². The Morgan fingerprint density at radius 3 is 2.69 bits per heavy atom. The Morgan fingerprint density at radius 1 is 1.12 bits per heavy atom. The van der Waals surface area contributed by atoms with E-state index in [9.17, 15) is 4.79 Å². The van der Waals surface area contributed by atoms with E-state index in [4.69, 9.17) is 5.26 Å². The second kappa shape index (κ2) is 9.62. The van der Waals surface area contributed by atoms with E-state index < -0.39 is 0 Å². The molecule has 0 aliphatic rings. The molecule has 0 fully saturated rings. The largest absolute Gasteiger partial charge is 0.311 e. The Balaban J connectivity index is 1.56. The zero-order chi connectivity index (χ0) is 22.5. The third-order valence-corrected chi connectivity index (χ3v) is 6.20. The molecule has 160 valence electrons. The van der Waals surface area contributed by atoms with Crippen molar-refractivity contribution in [1.29, 1.82) is 5.26 Å². The van der Waals surface area contributed by atoms with Crippen LogP contribution in [0.5, 0.6) is 0 Å². The van der Waals surface area contributed by atoms with Crippen LogP contribution in [-0.2, 0) is 4.79 Å². The molecule has 7 nitrogen and oxygen atoms in total. The minimum atomic E-state index is -0.0734. The molecular weight excluding hydrogens is 420 g/mol. The van der Waals surface area contributed by atoms with Crippen molar-refractivity contribution in [3.05, 3.63) is 72.2 Å². The third kappa shape index (κ3) is 4.48. The van der Waals surface area contributed by atoms with Gasteiger partial charge in [-0.2, -0.15) is 10.4 Å². The van der Waals surface area contributed by atoms with Crippen LogP contribution in [0.25, 0.3) is 16.7 Å². The molecule has 2 aromatic carbocycles. The Morgan fingerprint density at radius 2 is 1.94 bits per heavy atom. The molecule has 8 heteroatoms. The molecule has 2 heterocycles. The van der Waals surface area contributed by atoms with Gasteiger partial charge in [0.2, 0.25) is 5.91 Å². The van der Waals surface area contributed by atoms with Crippen molar-refractivity contribution < 1.29 is 4.79 Å². The minimum absolute atomic E-state index is 0.0734. The maximum Gasteiger partial charge on any atom is 0.237 e. The number of carbonyl (C=O) groups is 1. The maximum absolute atomic E-state index is 13.1. The molecule has 0 aliphatic carbocycles. The molecule has 0 atom stereocenters. The molecule has 1 amide bonds. The number of nitriles is 1. The first-order chi connectivity index (χ1) is 15.6. The van der Waals surface area contributed by atoms with E-state index in [1.807, 2.05) is 62.4 Å². The predicted molar refractivity (Wildman–Crippen MR) is 126 cm³/mol. The molecule has 4 aromatic rings. The fraction of sp³-hybridized carbons (Fsp3) is 0.208. The van der Waals surface area contributed by atoms with Gasteiger partial charge in [-0.15, -0.1) is 0 Å². The lowest BCUT2D eigenvalue weighted by Gasteiger charge is -2.22. The highest BCUT2D eigenvalue weighted by Gasteiger charge is 2.18. The summed E-state index contributed by atoms with van der Waals surface area (Å²) in [5.41, 5.74) is 4.67. The molecule has 0 N–H and O–H groups in total. The van der Waals surface area contributed by atoms with Gasteiger partial charge in [0.15, 0.2) is 5.65 Å². The maximum atomic E-state index is 13.1. The summed E-state index contributed by atoms with van der Waals surface area (Å²) >= 11 is 1.35. The molecule has 2 aromatic heterocycles. The number of anilines is 1. The van der Waals surface area contributed by atoms with Crippen LogP contribution in [-0.4, -0.2) is 38.0 Å². The number of aromatic nitrogens is 4. The summed E-state index contributed by atoms with van der Waals surface area (Å²) in [6, 6.07) is 17.8. The summed E-state index contributed by atoms with van der Waals surface area (Å²) in [4.78, 5) is 23.6. The van der Waals surface area contributed by atoms with E-state index in [1.165, 1.54) is 18.1 Å². The lowest BCUT2D eigenvalue weighted by Crippen LogP contribution is -2.33. The second-order valence-corrected chi connectivity index (χ2v) is 8.28. The Bertz CT molecular complexity index is 1300. The molecule has 0 radical (unpaired) electrons. The van der Waals surface area contributed by atoms with Crippen molar-refractivity contribution in [2.24, 2.45) is 0 Å². The number of amides is 1. The first-order valence-corrected chi connectivity index (χ1v) is 11.2. The standard InChI is InChI=1S/C24H22N6OS/c1-17-9-10-20(13-18(17)2)29(12-6-11-25)22(31)15-32-24-21-14-28-30(23(21)26-16-27-24)19-7-4-3-5-8-19/h3-5,7-10,13-14,16H,6,12,15H2,1-2H3. The van der Waals surface area contributed by atoms with Crippen molar-refractivity contribution >= 4 is 34.4 Å². The van der Waals surface area contributed by atoms with Gasteiger partial charge < -0.3 is 4.90 Å².